The van der Waals surface area contributed by atoms with Crippen LogP contribution in [0.15, 0.2) is 24.5 Å². The standard InChI is InChI=1S/C15H14IN5S/c16-8-1-3-11-10(5-8)14(19-7-18-11)20-9-2-4-12-13(6-9)22-15(17)21-12/h1,3,5,7,9H,2,4,6H2,(H2,17,21)(H,18,19,20). The summed E-state index contributed by atoms with van der Waals surface area (Å²) in [6.07, 6.45) is 4.60. The van der Waals surface area contributed by atoms with Crippen LogP contribution in [0.3, 0.4) is 0 Å². The highest BCUT2D eigenvalue weighted by Gasteiger charge is 2.22. The minimum atomic E-state index is 0.364. The average Bonchev–Trinajstić information content (AvgIpc) is 2.87. The fourth-order valence-corrected chi connectivity index (χ4v) is 4.30. The van der Waals surface area contributed by atoms with E-state index in [0.29, 0.717) is 11.2 Å². The number of hydrogen-bond acceptors (Lipinski definition) is 6. The molecule has 3 N–H and O–H groups in total. The van der Waals surface area contributed by atoms with E-state index in [1.54, 1.807) is 17.7 Å². The molecule has 0 fully saturated rings. The largest absolute Gasteiger partial charge is 0.375 e. The number of fused-ring (bicyclic) bond motifs is 2. The summed E-state index contributed by atoms with van der Waals surface area (Å²) in [7, 11) is 0. The lowest BCUT2D eigenvalue weighted by Gasteiger charge is -2.23. The molecule has 0 bridgehead atoms. The van der Waals surface area contributed by atoms with E-state index in [9.17, 15) is 0 Å². The molecule has 0 saturated carbocycles. The average molecular weight is 423 g/mol. The first kappa shape index (κ1) is 14.1. The number of benzene rings is 1. The van der Waals surface area contributed by atoms with Crippen molar-refractivity contribution in [3.63, 3.8) is 0 Å². The Hall–Kier alpha value is -1.48. The number of hydrogen-bond donors (Lipinski definition) is 2. The molecule has 2 heterocycles. The molecule has 1 aliphatic carbocycles. The van der Waals surface area contributed by atoms with E-state index in [-0.39, 0.29) is 0 Å². The van der Waals surface area contributed by atoms with E-state index < -0.39 is 0 Å². The highest BCUT2D eigenvalue weighted by Crippen LogP contribution is 2.30. The van der Waals surface area contributed by atoms with Gasteiger partial charge in [0.05, 0.1) is 11.2 Å². The molecular weight excluding hydrogens is 409 g/mol. The maximum Gasteiger partial charge on any atom is 0.180 e. The van der Waals surface area contributed by atoms with Crippen molar-refractivity contribution < 1.29 is 0 Å². The number of halogens is 1. The number of nitrogens with zero attached hydrogens (tertiary/aromatic N) is 3. The Morgan fingerprint density at radius 1 is 1.32 bits per heavy atom. The summed E-state index contributed by atoms with van der Waals surface area (Å²) in [6, 6.07) is 6.58. The number of rotatable bonds is 2. The van der Waals surface area contributed by atoms with Gasteiger partial charge in [-0.3, -0.25) is 0 Å². The molecular formula is C15H14IN5S. The molecule has 1 aliphatic rings. The normalized spacial score (nSPS) is 17.4. The van der Waals surface area contributed by atoms with Gasteiger partial charge in [-0.2, -0.15) is 0 Å². The Balaban J connectivity index is 1.63. The van der Waals surface area contributed by atoms with Crippen molar-refractivity contribution in [3.8, 4) is 0 Å². The van der Waals surface area contributed by atoms with E-state index in [1.807, 2.05) is 6.07 Å². The van der Waals surface area contributed by atoms with E-state index in [2.05, 4.69) is 55.0 Å². The molecule has 0 spiro atoms. The van der Waals surface area contributed by atoms with Gasteiger partial charge in [-0.15, -0.1) is 11.3 Å². The SMILES string of the molecule is Nc1nc2c(s1)CC(Nc1ncnc3ccc(I)cc13)CC2. The van der Waals surface area contributed by atoms with Gasteiger partial charge in [0, 0.05) is 26.3 Å². The van der Waals surface area contributed by atoms with Crippen molar-refractivity contribution in [1.82, 2.24) is 15.0 Å². The number of anilines is 2. The summed E-state index contributed by atoms with van der Waals surface area (Å²) in [5.74, 6) is 0.912. The van der Waals surface area contributed by atoms with Gasteiger partial charge in [-0.1, -0.05) is 0 Å². The van der Waals surface area contributed by atoms with Gasteiger partial charge in [-0.05, 0) is 53.6 Å². The van der Waals surface area contributed by atoms with Gasteiger partial charge < -0.3 is 11.1 Å². The summed E-state index contributed by atoms with van der Waals surface area (Å²) < 4.78 is 1.18. The monoisotopic (exact) mass is 423 g/mol. The Kier molecular flexibility index (Phi) is 3.61. The number of nitrogens with one attached hydrogen (secondary N) is 1. The summed E-state index contributed by atoms with van der Waals surface area (Å²) in [5.41, 5.74) is 7.95. The highest BCUT2D eigenvalue weighted by atomic mass is 127. The molecule has 1 aromatic carbocycles. The summed E-state index contributed by atoms with van der Waals surface area (Å²) >= 11 is 3.92. The molecule has 0 amide bonds. The zero-order valence-electron chi connectivity index (χ0n) is 11.7. The maximum absolute atomic E-state index is 5.81. The van der Waals surface area contributed by atoms with Gasteiger partial charge in [0.25, 0.3) is 0 Å². The molecule has 1 atom stereocenters. The number of aromatic nitrogens is 3. The van der Waals surface area contributed by atoms with Crippen molar-refractivity contribution in [1.29, 1.82) is 0 Å². The predicted octanol–water partition coefficient (Wildman–Crippen LogP) is 3.24. The lowest BCUT2D eigenvalue weighted by Crippen LogP contribution is -2.27. The number of nitrogens with two attached hydrogens (primary N) is 1. The van der Waals surface area contributed by atoms with Crippen LogP contribution in [0, 0.1) is 3.57 Å². The first-order valence-corrected chi connectivity index (χ1v) is 8.99. The van der Waals surface area contributed by atoms with Gasteiger partial charge in [0.15, 0.2) is 5.13 Å². The Morgan fingerprint density at radius 3 is 3.14 bits per heavy atom. The first-order valence-electron chi connectivity index (χ1n) is 7.10. The maximum atomic E-state index is 5.81. The third-order valence-electron chi connectivity index (χ3n) is 3.89. The second kappa shape index (κ2) is 5.62. The fraction of sp³-hybridized carbons (Fsp3) is 0.267. The van der Waals surface area contributed by atoms with Crippen LogP contribution < -0.4 is 11.1 Å². The summed E-state index contributed by atoms with van der Waals surface area (Å²) in [6.45, 7) is 0. The third kappa shape index (κ3) is 2.63. The molecule has 112 valence electrons. The molecule has 4 rings (SSSR count). The zero-order chi connectivity index (χ0) is 15.1. The minimum absolute atomic E-state index is 0.364. The topological polar surface area (TPSA) is 76.7 Å². The third-order valence-corrected chi connectivity index (χ3v) is 5.51. The molecule has 2 aromatic heterocycles. The van der Waals surface area contributed by atoms with Crippen LogP contribution in [0.4, 0.5) is 10.9 Å². The van der Waals surface area contributed by atoms with E-state index in [1.165, 1.54) is 14.1 Å². The molecule has 5 nitrogen and oxygen atoms in total. The Bertz CT molecular complexity index is 847. The zero-order valence-corrected chi connectivity index (χ0v) is 14.7. The van der Waals surface area contributed by atoms with Crippen LogP contribution in [0.2, 0.25) is 0 Å². The van der Waals surface area contributed by atoms with Crippen LogP contribution >= 0.6 is 33.9 Å². The number of nitrogen functional groups attached to an aromatic ring is 1. The lowest BCUT2D eigenvalue weighted by molar-refractivity contribution is 0.608. The van der Waals surface area contributed by atoms with Crippen LogP contribution in [-0.2, 0) is 12.8 Å². The molecule has 7 heteroatoms. The van der Waals surface area contributed by atoms with Crippen molar-refractivity contribution in [3.05, 3.63) is 38.7 Å². The van der Waals surface area contributed by atoms with Crippen molar-refractivity contribution in [2.75, 3.05) is 11.1 Å². The Labute approximate surface area is 145 Å². The number of aryl methyl sites for hydroxylation is 1. The lowest BCUT2D eigenvalue weighted by atomic mass is 9.97. The van der Waals surface area contributed by atoms with Gasteiger partial charge in [0.2, 0.25) is 0 Å². The highest BCUT2D eigenvalue weighted by molar-refractivity contribution is 14.1. The molecule has 0 radical (unpaired) electrons. The predicted molar refractivity (Wildman–Crippen MR) is 98.2 cm³/mol. The number of thiazole rings is 1. The molecule has 3 aromatic rings. The van der Waals surface area contributed by atoms with E-state index in [4.69, 9.17) is 5.73 Å². The smallest absolute Gasteiger partial charge is 0.180 e. The van der Waals surface area contributed by atoms with Crippen LogP contribution in [-0.4, -0.2) is 21.0 Å². The van der Waals surface area contributed by atoms with Gasteiger partial charge in [0.1, 0.15) is 12.1 Å². The molecule has 1 unspecified atom stereocenters. The molecule has 0 aliphatic heterocycles. The molecule has 22 heavy (non-hydrogen) atoms. The van der Waals surface area contributed by atoms with E-state index >= 15 is 0 Å². The quantitative estimate of drug-likeness (QED) is 0.619. The van der Waals surface area contributed by atoms with E-state index in [0.717, 1.165) is 36.0 Å². The Morgan fingerprint density at radius 2 is 2.23 bits per heavy atom. The van der Waals surface area contributed by atoms with Gasteiger partial charge >= 0.3 is 0 Å². The second-order valence-electron chi connectivity index (χ2n) is 5.39. The van der Waals surface area contributed by atoms with Crippen molar-refractivity contribution >= 4 is 55.8 Å². The van der Waals surface area contributed by atoms with Crippen LogP contribution in [0.25, 0.3) is 10.9 Å². The fourth-order valence-electron chi connectivity index (χ4n) is 2.86. The van der Waals surface area contributed by atoms with Crippen molar-refractivity contribution in [2.24, 2.45) is 0 Å². The molecule has 0 saturated heterocycles. The minimum Gasteiger partial charge on any atom is -0.375 e. The summed E-state index contributed by atoms with van der Waals surface area (Å²) in [4.78, 5) is 14.5. The van der Waals surface area contributed by atoms with Gasteiger partial charge in [-0.25, -0.2) is 15.0 Å². The van der Waals surface area contributed by atoms with Crippen LogP contribution in [0.1, 0.15) is 17.0 Å². The first-order chi connectivity index (χ1) is 10.7. The summed E-state index contributed by atoms with van der Waals surface area (Å²) in [5, 5.41) is 5.33. The van der Waals surface area contributed by atoms with Crippen molar-refractivity contribution in [2.45, 2.75) is 25.3 Å². The second-order valence-corrected chi connectivity index (χ2v) is 7.75. The van der Waals surface area contributed by atoms with Crippen LogP contribution in [0.5, 0.6) is 0 Å².